The number of hydrogen-bond donors (Lipinski definition) is 2. The highest BCUT2D eigenvalue weighted by atomic mass is 32.2. The number of amidine groups is 1. The van der Waals surface area contributed by atoms with Gasteiger partial charge in [0.2, 0.25) is 0 Å². The van der Waals surface area contributed by atoms with Gasteiger partial charge in [-0.05, 0) is 41.8 Å². The number of rotatable bonds is 7. The Morgan fingerprint density at radius 1 is 1.09 bits per heavy atom. The Labute approximate surface area is 201 Å². The van der Waals surface area contributed by atoms with Crippen molar-refractivity contribution < 1.29 is 18.5 Å². The number of methoxy groups -OCH3 is 1. The molecule has 1 fully saturated rings. The van der Waals surface area contributed by atoms with Crippen molar-refractivity contribution in [3.05, 3.63) is 70.9 Å². The van der Waals surface area contributed by atoms with E-state index < -0.39 is 10.8 Å². The van der Waals surface area contributed by atoms with Crippen molar-refractivity contribution in [2.45, 2.75) is 12.8 Å². The number of esters is 1. The molecule has 178 valence electrons. The van der Waals surface area contributed by atoms with E-state index in [4.69, 9.17) is 15.9 Å². The number of carbonyl (C=O) groups excluding carboxylic acids is 2. The fourth-order valence-corrected chi connectivity index (χ4v) is 5.28. The van der Waals surface area contributed by atoms with E-state index in [0.717, 1.165) is 22.5 Å². The van der Waals surface area contributed by atoms with E-state index in [0.29, 0.717) is 55.1 Å². The SMILES string of the molecule is COC(=O)CCc1ccc(C2=C(N3CCS(=O)CC3)CN(c3ccc(C(=N)N)cc3)C2=O)cc1. The molecule has 0 aliphatic carbocycles. The Bertz CT molecular complexity index is 1150. The number of nitrogens with one attached hydrogen (secondary N) is 1. The molecule has 9 heteroatoms. The first-order valence-electron chi connectivity index (χ1n) is 11.1. The molecule has 0 spiro atoms. The first-order chi connectivity index (χ1) is 16.4. The highest BCUT2D eigenvalue weighted by molar-refractivity contribution is 7.85. The van der Waals surface area contributed by atoms with E-state index in [1.807, 2.05) is 24.3 Å². The monoisotopic (exact) mass is 480 g/mol. The van der Waals surface area contributed by atoms with Crippen molar-refractivity contribution in [3.63, 3.8) is 0 Å². The average molecular weight is 481 g/mol. The summed E-state index contributed by atoms with van der Waals surface area (Å²) >= 11 is 0. The summed E-state index contributed by atoms with van der Waals surface area (Å²) in [7, 11) is 0.555. The third-order valence-electron chi connectivity index (χ3n) is 6.19. The number of nitrogen functional groups attached to an aromatic ring is 1. The van der Waals surface area contributed by atoms with Gasteiger partial charge in [-0.2, -0.15) is 0 Å². The quantitative estimate of drug-likeness (QED) is 0.355. The van der Waals surface area contributed by atoms with Gasteiger partial charge in [0.05, 0.1) is 19.2 Å². The van der Waals surface area contributed by atoms with Crippen LogP contribution in [0.2, 0.25) is 0 Å². The van der Waals surface area contributed by atoms with Crippen LogP contribution >= 0.6 is 0 Å². The third-order valence-corrected chi connectivity index (χ3v) is 7.47. The second-order valence-electron chi connectivity index (χ2n) is 8.28. The summed E-state index contributed by atoms with van der Waals surface area (Å²) in [5, 5.41) is 7.59. The third kappa shape index (κ3) is 5.04. The van der Waals surface area contributed by atoms with Gasteiger partial charge < -0.3 is 20.3 Å². The maximum Gasteiger partial charge on any atom is 0.305 e. The van der Waals surface area contributed by atoms with Gasteiger partial charge in [-0.1, -0.05) is 24.3 Å². The highest BCUT2D eigenvalue weighted by Crippen LogP contribution is 2.34. The topological polar surface area (TPSA) is 117 Å². The van der Waals surface area contributed by atoms with Crippen LogP contribution in [-0.4, -0.2) is 65.1 Å². The summed E-state index contributed by atoms with van der Waals surface area (Å²) in [4.78, 5) is 29.0. The van der Waals surface area contributed by atoms with Crippen LogP contribution < -0.4 is 10.6 Å². The summed E-state index contributed by atoms with van der Waals surface area (Å²) in [5.41, 5.74) is 10.3. The molecule has 0 saturated carbocycles. The van der Waals surface area contributed by atoms with Crippen molar-refractivity contribution in [1.29, 1.82) is 5.41 Å². The van der Waals surface area contributed by atoms with Gasteiger partial charge in [-0.25, -0.2) is 0 Å². The predicted octanol–water partition coefficient (Wildman–Crippen LogP) is 1.90. The zero-order chi connectivity index (χ0) is 24.2. The molecule has 2 heterocycles. The van der Waals surface area contributed by atoms with Crippen LogP contribution in [0.3, 0.4) is 0 Å². The lowest BCUT2D eigenvalue weighted by atomic mass is 10.0. The Kier molecular flexibility index (Phi) is 7.12. The molecule has 3 N–H and O–H groups in total. The number of hydrogen-bond acceptors (Lipinski definition) is 6. The molecule has 0 atom stereocenters. The minimum absolute atomic E-state index is 0.0209. The van der Waals surface area contributed by atoms with Crippen molar-refractivity contribution >= 4 is 39.8 Å². The molecular formula is C25H28N4O4S. The first kappa shape index (κ1) is 23.7. The largest absolute Gasteiger partial charge is 0.469 e. The molecule has 34 heavy (non-hydrogen) atoms. The van der Waals surface area contributed by atoms with Gasteiger partial charge in [0.1, 0.15) is 5.84 Å². The Morgan fingerprint density at radius 2 is 1.74 bits per heavy atom. The molecule has 0 bridgehead atoms. The molecular weight excluding hydrogens is 452 g/mol. The first-order valence-corrected chi connectivity index (χ1v) is 12.6. The molecule has 1 saturated heterocycles. The molecule has 2 aromatic carbocycles. The highest BCUT2D eigenvalue weighted by Gasteiger charge is 2.35. The fraction of sp³-hybridized carbons (Fsp3) is 0.320. The van der Waals surface area contributed by atoms with Crippen LogP contribution in [0.5, 0.6) is 0 Å². The molecule has 0 radical (unpaired) electrons. The maximum absolute atomic E-state index is 13.6. The Hall–Kier alpha value is -3.46. The lowest BCUT2D eigenvalue weighted by Crippen LogP contribution is -2.38. The van der Waals surface area contributed by atoms with Gasteiger partial charge in [0.25, 0.3) is 5.91 Å². The van der Waals surface area contributed by atoms with E-state index in [9.17, 15) is 13.8 Å². The van der Waals surface area contributed by atoms with E-state index in [2.05, 4.69) is 4.90 Å². The summed E-state index contributed by atoms with van der Waals surface area (Å²) in [6, 6.07) is 14.8. The molecule has 1 amide bonds. The second-order valence-corrected chi connectivity index (χ2v) is 9.98. The second kappa shape index (κ2) is 10.2. The lowest BCUT2D eigenvalue weighted by molar-refractivity contribution is -0.140. The molecule has 0 aromatic heterocycles. The number of anilines is 1. The summed E-state index contributed by atoms with van der Waals surface area (Å²) in [6.45, 7) is 1.71. The summed E-state index contributed by atoms with van der Waals surface area (Å²) < 4.78 is 16.6. The maximum atomic E-state index is 13.6. The molecule has 4 rings (SSSR count). The van der Waals surface area contributed by atoms with Gasteiger partial charge in [0, 0.05) is 58.8 Å². The van der Waals surface area contributed by atoms with Crippen LogP contribution in [0.1, 0.15) is 23.1 Å². The van der Waals surface area contributed by atoms with E-state index >= 15 is 0 Å². The number of carbonyl (C=O) groups is 2. The van der Waals surface area contributed by atoms with Crippen LogP contribution in [0.25, 0.3) is 5.57 Å². The molecule has 0 unspecified atom stereocenters. The van der Waals surface area contributed by atoms with Crippen molar-refractivity contribution in [2.24, 2.45) is 5.73 Å². The number of benzene rings is 2. The normalized spacial score (nSPS) is 16.8. The van der Waals surface area contributed by atoms with Crippen LogP contribution in [0, 0.1) is 5.41 Å². The van der Waals surface area contributed by atoms with E-state index in [1.54, 1.807) is 29.2 Å². The summed E-state index contributed by atoms with van der Waals surface area (Å²) in [5.74, 6) is 0.802. The molecule has 2 aliphatic rings. The minimum atomic E-state index is -0.820. The number of aryl methyl sites for hydroxylation is 1. The summed E-state index contributed by atoms with van der Waals surface area (Å²) in [6.07, 6.45) is 0.872. The van der Waals surface area contributed by atoms with E-state index in [1.165, 1.54) is 7.11 Å². The smallest absolute Gasteiger partial charge is 0.305 e. The van der Waals surface area contributed by atoms with E-state index in [-0.39, 0.29) is 17.7 Å². The Balaban J connectivity index is 1.63. The van der Waals surface area contributed by atoms with Gasteiger partial charge in [-0.3, -0.25) is 19.2 Å². The number of ether oxygens (including phenoxy) is 1. The lowest BCUT2D eigenvalue weighted by Gasteiger charge is -2.30. The van der Waals surface area contributed by atoms with Crippen molar-refractivity contribution in [2.75, 3.05) is 43.1 Å². The molecule has 2 aliphatic heterocycles. The number of nitrogens with zero attached hydrogens (tertiary/aromatic N) is 2. The van der Waals surface area contributed by atoms with Gasteiger partial charge in [0.15, 0.2) is 0 Å². The van der Waals surface area contributed by atoms with Crippen molar-refractivity contribution in [3.8, 4) is 0 Å². The minimum Gasteiger partial charge on any atom is -0.469 e. The molecule has 2 aromatic rings. The predicted molar refractivity (Wildman–Crippen MR) is 133 cm³/mol. The van der Waals surface area contributed by atoms with Crippen molar-refractivity contribution in [1.82, 2.24) is 4.90 Å². The Morgan fingerprint density at radius 3 is 2.32 bits per heavy atom. The van der Waals surface area contributed by atoms with Crippen LogP contribution in [0.15, 0.2) is 54.2 Å². The van der Waals surface area contributed by atoms with Crippen LogP contribution in [-0.2, 0) is 31.5 Å². The standard InChI is InChI=1S/C25H28N4O4S/c1-33-22(30)11-4-17-2-5-18(6-3-17)23-21(28-12-14-34(32)15-13-28)16-29(25(23)31)20-9-7-19(8-10-20)24(26)27/h2-3,5-10H,4,11-16H2,1H3,(H3,26,27). The van der Waals surface area contributed by atoms with Crippen LogP contribution in [0.4, 0.5) is 5.69 Å². The number of nitrogens with two attached hydrogens (primary N) is 1. The zero-order valence-electron chi connectivity index (χ0n) is 19.1. The van der Waals surface area contributed by atoms with Gasteiger partial charge in [-0.15, -0.1) is 0 Å². The molecule has 8 nitrogen and oxygen atoms in total. The number of amides is 1. The zero-order valence-corrected chi connectivity index (χ0v) is 19.9. The van der Waals surface area contributed by atoms with Gasteiger partial charge >= 0.3 is 5.97 Å². The fourth-order valence-electron chi connectivity index (χ4n) is 4.23. The average Bonchev–Trinajstić information content (AvgIpc) is 3.20.